The fourth-order valence-electron chi connectivity index (χ4n) is 1.62. The van der Waals surface area contributed by atoms with Gasteiger partial charge >= 0.3 is 0 Å². The molecular formula is C10H16N4S. The van der Waals surface area contributed by atoms with E-state index in [1.165, 1.54) is 25.0 Å². The predicted molar refractivity (Wildman–Crippen MR) is 65.0 cm³/mol. The van der Waals surface area contributed by atoms with Crippen LogP contribution in [-0.4, -0.2) is 27.5 Å². The molecule has 0 radical (unpaired) electrons. The molecule has 1 atom stereocenters. The van der Waals surface area contributed by atoms with Crippen molar-refractivity contribution in [1.29, 1.82) is 0 Å². The van der Waals surface area contributed by atoms with Crippen molar-refractivity contribution in [2.45, 2.75) is 24.5 Å². The molecule has 1 unspecified atom stereocenters. The number of nitrogen functional groups attached to an aromatic ring is 1. The first-order valence-electron chi connectivity index (χ1n) is 5.27. The first-order valence-corrected chi connectivity index (χ1v) is 6.32. The molecule has 3 N–H and O–H groups in total. The van der Waals surface area contributed by atoms with E-state index in [0.717, 1.165) is 17.6 Å². The summed E-state index contributed by atoms with van der Waals surface area (Å²) in [6, 6.07) is 0. The molecule has 1 aromatic heterocycles. The zero-order chi connectivity index (χ0) is 10.5. The maximum absolute atomic E-state index is 5.46. The molecule has 1 fully saturated rings. The first kappa shape index (κ1) is 10.5. The minimum atomic E-state index is 0.465. The SMILES string of the molecule is Nc1cnc(NCC2CCCCS2)cn1. The summed E-state index contributed by atoms with van der Waals surface area (Å²) >= 11 is 2.05. The van der Waals surface area contributed by atoms with Gasteiger partial charge in [-0.2, -0.15) is 11.8 Å². The van der Waals surface area contributed by atoms with E-state index >= 15 is 0 Å². The zero-order valence-corrected chi connectivity index (χ0v) is 9.46. The van der Waals surface area contributed by atoms with Gasteiger partial charge in [-0.1, -0.05) is 6.42 Å². The minimum absolute atomic E-state index is 0.465. The highest BCUT2D eigenvalue weighted by Gasteiger charge is 2.13. The number of nitrogens with one attached hydrogen (secondary N) is 1. The van der Waals surface area contributed by atoms with Gasteiger partial charge in [0.1, 0.15) is 11.6 Å². The van der Waals surface area contributed by atoms with Crippen molar-refractivity contribution in [3.63, 3.8) is 0 Å². The summed E-state index contributed by atoms with van der Waals surface area (Å²) in [5.41, 5.74) is 5.46. The Bertz CT molecular complexity index is 295. The van der Waals surface area contributed by atoms with E-state index in [9.17, 15) is 0 Å². The average Bonchev–Trinajstić information content (AvgIpc) is 2.30. The lowest BCUT2D eigenvalue weighted by atomic mass is 10.2. The van der Waals surface area contributed by atoms with Gasteiger partial charge in [0.15, 0.2) is 0 Å². The lowest BCUT2D eigenvalue weighted by Crippen LogP contribution is -2.20. The summed E-state index contributed by atoms with van der Waals surface area (Å²) in [5.74, 6) is 2.57. The third kappa shape index (κ3) is 3.27. The van der Waals surface area contributed by atoms with Crippen molar-refractivity contribution in [3.05, 3.63) is 12.4 Å². The van der Waals surface area contributed by atoms with E-state index in [-0.39, 0.29) is 0 Å². The number of nitrogens with zero attached hydrogens (tertiary/aromatic N) is 2. The maximum Gasteiger partial charge on any atom is 0.144 e. The molecule has 0 saturated carbocycles. The predicted octanol–water partition coefficient (Wildman–Crippen LogP) is 1.76. The highest BCUT2D eigenvalue weighted by atomic mass is 32.2. The molecule has 2 heterocycles. The highest BCUT2D eigenvalue weighted by molar-refractivity contribution is 7.99. The van der Waals surface area contributed by atoms with Gasteiger partial charge in [0.05, 0.1) is 12.4 Å². The number of nitrogens with two attached hydrogens (primary N) is 1. The summed E-state index contributed by atoms with van der Waals surface area (Å²) in [6.07, 6.45) is 7.29. The Morgan fingerprint density at radius 3 is 3.00 bits per heavy atom. The van der Waals surface area contributed by atoms with Crippen LogP contribution in [0.5, 0.6) is 0 Å². The smallest absolute Gasteiger partial charge is 0.144 e. The standard InChI is InChI=1S/C10H16N4S/c11-9-6-14-10(7-12-9)13-5-8-3-1-2-4-15-8/h6-8H,1-5H2,(H2,11,12)(H,13,14). The van der Waals surface area contributed by atoms with Crippen molar-refractivity contribution >= 4 is 23.4 Å². The van der Waals surface area contributed by atoms with Crippen LogP contribution < -0.4 is 11.1 Å². The molecule has 1 aliphatic heterocycles. The van der Waals surface area contributed by atoms with Crippen LogP contribution in [0.15, 0.2) is 12.4 Å². The van der Waals surface area contributed by atoms with Crippen LogP contribution in [0.4, 0.5) is 11.6 Å². The quantitative estimate of drug-likeness (QED) is 0.819. The number of rotatable bonds is 3. The topological polar surface area (TPSA) is 63.8 Å². The summed E-state index contributed by atoms with van der Waals surface area (Å²) in [4.78, 5) is 8.14. The van der Waals surface area contributed by atoms with Gasteiger partial charge in [0.25, 0.3) is 0 Å². The number of hydrogen-bond acceptors (Lipinski definition) is 5. The van der Waals surface area contributed by atoms with E-state index in [4.69, 9.17) is 5.73 Å². The molecule has 5 heteroatoms. The van der Waals surface area contributed by atoms with Gasteiger partial charge in [-0.05, 0) is 18.6 Å². The van der Waals surface area contributed by atoms with Crippen molar-refractivity contribution in [2.75, 3.05) is 23.3 Å². The second kappa shape index (κ2) is 5.21. The average molecular weight is 224 g/mol. The molecule has 2 rings (SSSR count). The molecule has 0 amide bonds. The van der Waals surface area contributed by atoms with E-state index in [0.29, 0.717) is 5.82 Å². The van der Waals surface area contributed by atoms with Crippen LogP contribution in [0.1, 0.15) is 19.3 Å². The van der Waals surface area contributed by atoms with Gasteiger partial charge in [0, 0.05) is 11.8 Å². The second-order valence-corrected chi connectivity index (χ2v) is 5.10. The van der Waals surface area contributed by atoms with Crippen molar-refractivity contribution < 1.29 is 0 Å². The van der Waals surface area contributed by atoms with Crippen LogP contribution >= 0.6 is 11.8 Å². The highest BCUT2D eigenvalue weighted by Crippen LogP contribution is 2.24. The van der Waals surface area contributed by atoms with E-state index in [1.807, 2.05) is 0 Å². The van der Waals surface area contributed by atoms with Crippen molar-refractivity contribution in [2.24, 2.45) is 0 Å². The maximum atomic E-state index is 5.46. The van der Waals surface area contributed by atoms with E-state index in [1.54, 1.807) is 12.4 Å². The van der Waals surface area contributed by atoms with Crippen LogP contribution in [0.3, 0.4) is 0 Å². The molecule has 82 valence electrons. The van der Waals surface area contributed by atoms with Gasteiger partial charge in [-0.25, -0.2) is 9.97 Å². The van der Waals surface area contributed by atoms with Crippen LogP contribution in [0.2, 0.25) is 0 Å². The van der Waals surface area contributed by atoms with Gasteiger partial charge < -0.3 is 11.1 Å². The minimum Gasteiger partial charge on any atom is -0.382 e. The summed E-state index contributed by atoms with van der Waals surface area (Å²) < 4.78 is 0. The molecule has 0 aliphatic carbocycles. The lowest BCUT2D eigenvalue weighted by molar-refractivity contribution is 0.677. The Kier molecular flexibility index (Phi) is 3.66. The summed E-state index contributed by atoms with van der Waals surface area (Å²) in [6.45, 7) is 0.975. The van der Waals surface area contributed by atoms with Crippen LogP contribution in [0, 0.1) is 0 Å². The molecule has 1 saturated heterocycles. The van der Waals surface area contributed by atoms with Crippen molar-refractivity contribution in [1.82, 2.24) is 9.97 Å². The molecule has 1 aliphatic rings. The lowest BCUT2D eigenvalue weighted by Gasteiger charge is -2.21. The molecule has 0 spiro atoms. The largest absolute Gasteiger partial charge is 0.382 e. The molecule has 4 nitrogen and oxygen atoms in total. The van der Waals surface area contributed by atoms with E-state index < -0.39 is 0 Å². The van der Waals surface area contributed by atoms with Gasteiger partial charge in [-0.15, -0.1) is 0 Å². The van der Waals surface area contributed by atoms with Gasteiger partial charge in [-0.3, -0.25) is 0 Å². The zero-order valence-electron chi connectivity index (χ0n) is 8.65. The number of hydrogen-bond donors (Lipinski definition) is 2. The third-order valence-electron chi connectivity index (χ3n) is 2.46. The summed E-state index contributed by atoms with van der Waals surface area (Å²) in [7, 11) is 0. The third-order valence-corrected chi connectivity index (χ3v) is 3.85. The Morgan fingerprint density at radius 1 is 1.40 bits per heavy atom. The molecule has 0 aromatic carbocycles. The number of aromatic nitrogens is 2. The number of thioether (sulfide) groups is 1. The van der Waals surface area contributed by atoms with Gasteiger partial charge in [0.2, 0.25) is 0 Å². The van der Waals surface area contributed by atoms with E-state index in [2.05, 4.69) is 27.0 Å². The Balaban J connectivity index is 1.79. The monoisotopic (exact) mass is 224 g/mol. The summed E-state index contributed by atoms with van der Waals surface area (Å²) in [5, 5.41) is 4.01. The Hall–Kier alpha value is -0.970. The molecular weight excluding hydrogens is 208 g/mol. The second-order valence-electron chi connectivity index (χ2n) is 3.70. The van der Waals surface area contributed by atoms with Crippen LogP contribution in [-0.2, 0) is 0 Å². The van der Waals surface area contributed by atoms with Crippen molar-refractivity contribution in [3.8, 4) is 0 Å². The number of anilines is 2. The Morgan fingerprint density at radius 2 is 2.33 bits per heavy atom. The normalized spacial score (nSPS) is 21.2. The fraction of sp³-hybridized carbons (Fsp3) is 0.600. The molecule has 15 heavy (non-hydrogen) atoms. The first-order chi connectivity index (χ1) is 7.34. The fourth-order valence-corrected chi connectivity index (χ4v) is 2.85. The molecule has 0 bridgehead atoms. The Labute approximate surface area is 94.1 Å². The van der Waals surface area contributed by atoms with Crippen LogP contribution in [0.25, 0.3) is 0 Å². The molecule has 1 aromatic rings.